The summed E-state index contributed by atoms with van der Waals surface area (Å²) in [5.41, 5.74) is 1.59. The van der Waals surface area contributed by atoms with Crippen molar-refractivity contribution in [1.29, 1.82) is 0 Å². The monoisotopic (exact) mass is 177 g/mol. The van der Waals surface area contributed by atoms with Gasteiger partial charge >= 0.3 is 0 Å². The van der Waals surface area contributed by atoms with Crippen molar-refractivity contribution in [3.05, 3.63) is 23.9 Å². The van der Waals surface area contributed by atoms with Gasteiger partial charge in [-0.15, -0.1) is 0 Å². The normalized spacial score (nSPS) is 32.8. The van der Waals surface area contributed by atoms with Crippen LogP contribution in [-0.4, -0.2) is 18.0 Å². The van der Waals surface area contributed by atoms with E-state index in [1.165, 1.54) is 25.9 Å². The molecule has 1 aliphatic heterocycles. The van der Waals surface area contributed by atoms with Gasteiger partial charge in [0, 0.05) is 24.7 Å². The van der Waals surface area contributed by atoms with Crippen LogP contribution in [0.25, 0.3) is 0 Å². The summed E-state index contributed by atoms with van der Waals surface area (Å²) in [5, 5.41) is 0. The van der Waals surface area contributed by atoms with Crippen LogP contribution in [0.3, 0.4) is 0 Å². The lowest BCUT2D eigenvalue weighted by Gasteiger charge is -2.41. The Hall–Kier alpha value is -0.720. The van der Waals surface area contributed by atoms with Gasteiger partial charge in [0.2, 0.25) is 0 Å². The van der Waals surface area contributed by atoms with Crippen molar-refractivity contribution < 1.29 is 0 Å². The van der Waals surface area contributed by atoms with Crippen molar-refractivity contribution in [2.75, 3.05) is 13.1 Å². The average Bonchev–Trinajstić information content (AvgIpc) is 2.19. The summed E-state index contributed by atoms with van der Waals surface area (Å²) < 4.78 is 0. The lowest BCUT2D eigenvalue weighted by molar-refractivity contribution is 0.194. The molecule has 0 N–H and O–H groups in total. The molecule has 2 aliphatic rings. The molecule has 0 aromatic carbocycles. The zero-order valence-corrected chi connectivity index (χ0v) is 8.66. The zero-order valence-electron chi connectivity index (χ0n) is 8.66. The first kappa shape index (κ1) is 8.86. The minimum atomic E-state index is 0.804. The maximum Gasteiger partial charge on any atom is 0.0177 e. The van der Waals surface area contributed by atoms with E-state index < -0.39 is 0 Å². The third-order valence-electron chi connectivity index (χ3n) is 3.46. The van der Waals surface area contributed by atoms with Gasteiger partial charge in [-0.3, -0.25) is 0 Å². The van der Waals surface area contributed by atoms with Crippen molar-refractivity contribution >= 4 is 0 Å². The van der Waals surface area contributed by atoms with E-state index in [9.17, 15) is 0 Å². The molecule has 1 aliphatic carbocycles. The third-order valence-corrected chi connectivity index (χ3v) is 3.46. The number of likely N-dealkylation sites (tertiary alicyclic amines) is 1. The van der Waals surface area contributed by atoms with Crippen molar-refractivity contribution in [3.8, 4) is 0 Å². The number of fused-ring (bicyclic) bond motifs is 1. The van der Waals surface area contributed by atoms with Gasteiger partial charge in [0.05, 0.1) is 0 Å². The summed E-state index contributed by atoms with van der Waals surface area (Å²) in [6, 6.07) is 0. The highest BCUT2D eigenvalue weighted by molar-refractivity contribution is 5.22. The van der Waals surface area contributed by atoms with E-state index in [1.807, 2.05) is 0 Å². The molecule has 0 radical (unpaired) electrons. The van der Waals surface area contributed by atoms with Crippen LogP contribution >= 0.6 is 0 Å². The van der Waals surface area contributed by atoms with Crippen LogP contribution in [0.2, 0.25) is 0 Å². The number of hydrogen-bond acceptors (Lipinski definition) is 1. The van der Waals surface area contributed by atoms with E-state index in [1.54, 1.807) is 5.70 Å². The van der Waals surface area contributed by atoms with Crippen molar-refractivity contribution in [2.45, 2.75) is 26.7 Å². The molecule has 0 aromatic heterocycles. The summed E-state index contributed by atoms with van der Waals surface area (Å²) in [4.78, 5) is 2.54. The highest BCUT2D eigenvalue weighted by atomic mass is 15.1. The van der Waals surface area contributed by atoms with Gasteiger partial charge < -0.3 is 4.90 Å². The second kappa shape index (κ2) is 3.57. The molecule has 1 nitrogen and oxygen atoms in total. The van der Waals surface area contributed by atoms with E-state index in [-0.39, 0.29) is 0 Å². The fraction of sp³-hybridized carbons (Fsp3) is 0.667. The van der Waals surface area contributed by atoms with Crippen LogP contribution in [0.5, 0.6) is 0 Å². The second-order valence-electron chi connectivity index (χ2n) is 4.21. The molecule has 0 aromatic rings. The molecule has 0 amide bonds. The molecule has 1 heterocycles. The van der Waals surface area contributed by atoms with E-state index >= 15 is 0 Å². The standard InChI is InChI=1S/C12H19N/c1-3-13-9-8-10(2)11-6-4-5-7-12(11)13/h4-5,7,10-11H,3,6,8-9H2,1-2H3. The molecule has 1 heteroatoms. The summed E-state index contributed by atoms with van der Waals surface area (Å²) in [6.45, 7) is 7.08. The van der Waals surface area contributed by atoms with Crippen LogP contribution < -0.4 is 0 Å². The van der Waals surface area contributed by atoms with E-state index in [4.69, 9.17) is 0 Å². The number of piperidine rings is 1. The molecule has 2 atom stereocenters. The molecule has 2 unspecified atom stereocenters. The van der Waals surface area contributed by atoms with Crippen molar-refractivity contribution in [3.63, 3.8) is 0 Å². The van der Waals surface area contributed by atoms with Gasteiger partial charge in [-0.05, 0) is 31.8 Å². The highest BCUT2D eigenvalue weighted by Crippen LogP contribution is 2.36. The Labute approximate surface area is 81.1 Å². The molecule has 0 saturated carbocycles. The van der Waals surface area contributed by atoms with Gasteiger partial charge in [0.1, 0.15) is 0 Å². The van der Waals surface area contributed by atoms with Gasteiger partial charge in [-0.25, -0.2) is 0 Å². The van der Waals surface area contributed by atoms with Crippen molar-refractivity contribution in [2.24, 2.45) is 11.8 Å². The van der Waals surface area contributed by atoms with E-state index in [2.05, 4.69) is 37.0 Å². The first-order chi connectivity index (χ1) is 6.33. The Morgan fingerprint density at radius 3 is 3.15 bits per heavy atom. The smallest absolute Gasteiger partial charge is 0.0177 e. The number of nitrogens with zero attached hydrogens (tertiary/aromatic N) is 1. The maximum atomic E-state index is 2.54. The molecule has 1 saturated heterocycles. The van der Waals surface area contributed by atoms with Gasteiger partial charge in [0.15, 0.2) is 0 Å². The molecular weight excluding hydrogens is 158 g/mol. The number of hydrogen-bond donors (Lipinski definition) is 0. The van der Waals surface area contributed by atoms with Crippen LogP contribution in [0.15, 0.2) is 23.9 Å². The third kappa shape index (κ3) is 1.52. The molecule has 0 spiro atoms. The first-order valence-corrected chi connectivity index (χ1v) is 5.44. The summed E-state index contributed by atoms with van der Waals surface area (Å²) in [6.07, 6.45) is 9.46. The Morgan fingerprint density at radius 1 is 1.54 bits per heavy atom. The van der Waals surface area contributed by atoms with Crippen LogP contribution in [0.4, 0.5) is 0 Å². The minimum absolute atomic E-state index is 0.804. The maximum absolute atomic E-state index is 2.54. The lowest BCUT2D eigenvalue weighted by Crippen LogP contribution is -2.37. The molecule has 1 fully saturated rings. The second-order valence-corrected chi connectivity index (χ2v) is 4.21. The Bertz CT molecular complexity index is 240. The number of rotatable bonds is 1. The number of allylic oxidation sites excluding steroid dienone is 4. The minimum Gasteiger partial charge on any atom is -0.375 e. The van der Waals surface area contributed by atoms with E-state index in [0.717, 1.165) is 11.8 Å². The fourth-order valence-corrected chi connectivity index (χ4v) is 2.53. The average molecular weight is 177 g/mol. The Kier molecular flexibility index (Phi) is 2.43. The highest BCUT2D eigenvalue weighted by Gasteiger charge is 2.29. The zero-order chi connectivity index (χ0) is 9.26. The largest absolute Gasteiger partial charge is 0.375 e. The van der Waals surface area contributed by atoms with Gasteiger partial charge in [0.25, 0.3) is 0 Å². The lowest BCUT2D eigenvalue weighted by atomic mass is 9.80. The van der Waals surface area contributed by atoms with Crippen molar-refractivity contribution in [1.82, 2.24) is 4.90 Å². The van der Waals surface area contributed by atoms with Crippen LogP contribution in [-0.2, 0) is 0 Å². The SMILES string of the molecule is CCN1CCC(C)C2CC=CC=C21. The summed E-state index contributed by atoms with van der Waals surface area (Å²) >= 11 is 0. The molecule has 2 rings (SSSR count). The first-order valence-electron chi connectivity index (χ1n) is 5.44. The quantitative estimate of drug-likeness (QED) is 0.595. The van der Waals surface area contributed by atoms with E-state index in [0.29, 0.717) is 0 Å². The van der Waals surface area contributed by atoms with Gasteiger partial charge in [-0.1, -0.05) is 19.1 Å². The predicted octanol–water partition coefficient (Wildman–Crippen LogP) is 2.81. The Balaban J connectivity index is 2.21. The topological polar surface area (TPSA) is 3.24 Å². The molecule has 72 valence electrons. The predicted molar refractivity (Wildman–Crippen MR) is 56.4 cm³/mol. The summed E-state index contributed by atoms with van der Waals surface area (Å²) in [5.74, 6) is 1.68. The Morgan fingerprint density at radius 2 is 2.38 bits per heavy atom. The summed E-state index contributed by atoms with van der Waals surface area (Å²) in [7, 11) is 0. The van der Waals surface area contributed by atoms with Crippen LogP contribution in [0, 0.1) is 11.8 Å². The van der Waals surface area contributed by atoms with Gasteiger partial charge in [-0.2, -0.15) is 0 Å². The molecule has 13 heavy (non-hydrogen) atoms. The van der Waals surface area contributed by atoms with Crippen LogP contribution in [0.1, 0.15) is 26.7 Å². The fourth-order valence-electron chi connectivity index (χ4n) is 2.53. The molecular formula is C12H19N. The molecule has 0 bridgehead atoms.